The fourth-order valence-corrected chi connectivity index (χ4v) is 4.15. The minimum Gasteiger partial charge on any atom is -0.334 e. The highest BCUT2D eigenvalue weighted by molar-refractivity contribution is 5.86. The van der Waals surface area contributed by atoms with Gasteiger partial charge in [0.15, 0.2) is 0 Å². The number of hydrogen-bond donors (Lipinski definition) is 1. The van der Waals surface area contributed by atoms with Gasteiger partial charge in [0.25, 0.3) is 5.89 Å². The molecule has 5 rings (SSSR count). The normalized spacial score (nSPS) is 16.0. The summed E-state index contributed by atoms with van der Waals surface area (Å²) >= 11 is 0. The molecule has 2 amide bonds. The molecular formula is C27H23FN4O2. The molecule has 6 nitrogen and oxygen atoms in total. The van der Waals surface area contributed by atoms with Crippen molar-refractivity contribution in [2.45, 2.75) is 26.4 Å². The lowest BCUT2D eigenvalue weighted by Crippen LogP contribution is -2.45. The third kappa shape index (κ3) is 4.20. The maximum atomic E-state index is 13.4. The molecule has 1 aliphatic rings. The smallest absolute Gasteiger partial charge is 0.322 e. The first-order valence-electron chi connectivity index (χ1n) is 11.0. The number of carbonyl (C=O) groups is 1. The molecule has 7 heteroatoms. The summed E-state index contributed by atoms with van der Waals surface area (Å²) in [6.45, 7) is 4.15. The van der Waals surface area contributed by atoms with Crippen LogP contribution in [0.15, 0.2) is 89.1 Å². The van der Waals surface area contributed by atoms with Gasteiger partial charge in [-0.05, 0) is 43.2 Å². The fourth-order valence-electron chi connectivity index (χ4n) is 4.15. The zero-order valence-electron chi connectivity index (χ0n) is 18.8. The van der Waals surface area contributed by atoms with Gasteiger partial charge in [-0.1, -0.05) is 71.4 Å². The molecule has 1 unspecified atom stereocenters. The van der Waals surface area contributed by atoms with Crippen molar-refractivity contribution in [1.82, 2.24) is 20.4 Å². The van der Waals surface area contributed by atoms with Gasteiger partial charge in [-0.25, -0.2) is 9.18 Å². The van der Waals surface area contributed by atoms with E-state index in [2.05, 4.69) is 15.5 Å². The predicted octanol–water partition coefficient (Wildman–Crippen LogP) is 5.88. The third-order valence-electron chi connectivity index (χ3n) is 5.92. The van der Waals surface area contributed by atoms with E-state index in [0.29, 0.717) is 17.4 Å². The topological polar surface area (TPSA) is 71.3 Å². The van der Waals surface area contributed by atoms with Crippen LogP contribution in [0.3, 0.4) is 0 Å². The van der Waals surface area contributed by atoms with Gasteiger partial charge in [-0.2, -0.15) is 4.98 Å². The number of amides is 2. The first-order chi connectivity index (χ1) is 16.5. The monoisotopic (exact) mass is 454 g/mol. The Labute approximate surface area is 196 Å². The number of hydrogen-bond acceptors (Lipinski definition) is 4. The second kappa shape index (κ2) is 8.94. The molecule has 0 radical (unpaired) electrons. The van der Waals surface area contributed by atoms with Gasteiger partial charge < -0.3 is 9.84 Å². The zero-order chi connectivity index (χ0) is 23.7. The number of nitrogens with zero attached hydrogens (tertiary/aromatic N) is 3. The lowest BCUT2D eigenvalue weighted by atomic mass is 9.94. The van der Waals surface area contributed by atoms with Crippen molar-refractivity contribution in [3.05, 3.63) is 113 Å². The molecule has 4 aromatic rings. The second-order valence-corrected chi connectivity index (χ2v) is 8.30. The minimum atomic E-state index is -0.455. The number of carbonyl (C=O) groups excluding carboxylic acids is 1. The van der Waals surface area contributed by atoms with Gasteiger partial charge in [0.05, 0.1) is 18.2 Å². The lowest BCUT2D eigenvalue weighted by Gasteiger charge is -2.35. The zero-order valence-corrected chi connectivity index (χ0v) is 18.8. The number of rotatable bonds is 5. The van der Waals surface area contributed by atoms with Crippen molar-refractivity contribution in [1.29, 1.82) is 0 Å². The van der Waals surface area contributed by atoms with Gasteiger partial charge in [-0.15, -0.1) is 0 Å². The number of aryl methyl sites for hydroxylation is 1. The van der Waals surface area contributed by atoms with Gasteiger partial charge in [0.1, 0.15) is 5.82 Å². The minimum absolute atomic E-state index is 0.252. The fraction of sp³-hybridized carbons (Fsp3) is 0.148. The van der Waals surface area contributed by atoms with Crippen LogP contribution in [0.1, 0.15) is 35.5 Å². The highest BCUT2D eigenvalue weighted by Gasteiger charge is 2.35. The maximum Gasteiger partial charge on any atom is 0.322 e. The van der Waals surface area contributed by atoms with Gasteiger partial charge in [0.2, 0.25) is 5.82 Å². The van der Waals surface area contributed by atoms with Crippen LogP contribution in [0.2, 0.25) is 0 Å². The summed E-state index contributed by atoms with van der Waals surface area (Å²) < 4.78 is 19.1. The number of halogens is 1. The molecule has 1 aliphatic heterocycles. The van der Waals surface area contributed by atoms with Crippen LogP contribution in [0.4, 0.5) is 9.18 Å². The van der Waals surface area contributed by atoms with Crippen molar-refractivity contribution < 1.29 is 13.7 Å². The average molecular weight is 455 g/mol. The molecule has 0 saturated heterocycles. The van der Waals surface area contributed by atoms with E-state index in [-0.39, 0.29) is 18.4 Å². The van der Waals surface area contributed by atoms with E-state index in [1.54, 1.807) is 17.0 Å². The molecule has 0 fully saturated rings. The lowest BCUT2D eigenvalue weighted by molar-refractivity contribution is 0.203. The van der Waals surface area contributed by atoms with Crippen LogP contribution in [0, 0.1) is 12.7 Å². The van der Waals surface area contributed by atoms with Crippen molar-refractivity contribution in [3.63, 3.8) is 0 Å². The van der Waals surface area contributed by atoms with Crippen molar-refractivity contribution in [2.24, 2.45) is 0 Å². The van der Waals surface area contributed by atoms with Crippen LogP contribution in [-0.2, 0) is 6.54 Å². The molecule has 2 heterocycles. The van der Waals surface area contributed by atoms with Crippen LogP contribution >= 0.6 is 0 Å². The maximum absolute atomic E-state index is 13.4. The van der Waals surface area contributed by atoms with Gasteiger partial charge >= 0.3 is 6.03 Å². The van der Waals surface area contributed by atoms with Gasteiger partial charge in [-0.3, -0.25) is 4.90 Å². The average Bonchev–Trinajstić information content (AvgIpc) is 3.33. The molecule has 0 bridgehead atoms. The Hall–Kier alpha value is -4.26. The summed E-state index contributed by atoms with van der Waals surface area (Å²) in [5.74, 6) is 0.498. The second-order valence-electron chi connectivity index (χ2n) is 8.30. The summed E-state index contributed by atoms with van der Waals surface area (Å²) in [5, 5.41) is 7.29. The van der Waals surface area contributed by atoms with Crippen LogP contribution in [0.5, 0.6) is 0 Å². The van der Waals surface area contributed by atoms with E-state index in [9.17, 15) is 9.18 Å². The van der Waals surface area contributed by atoms with E-state index in [4.69, 9.17) is 4.52 Å². The van der Waals surface area contributed by atoms with Crippen LogP contribution < -0.4 is 5.32 Å². The van der Waals surface area contributed by atoms with E-state index in [1.165, 1.54) is 12.1 Å². The molecule has 3 aromatic carbocycles. The summed E-state index contributed by atoms with van der Waals surface area (Å²) in [6.07, 6.45) is 0. The molecule has 1 N–H and O–H groups in total. The van der Waals surface area contributed by atoms with Crippen LogP contribution in [-0.4, -0.2) is 21.1 Å². The molecule has 1 atom stereocenters. The highest BCUT2D eigenvalue weighted by Crippen LogP contribution is 2.37. The molecule has 0 saturated carbocycles. The third-order valence-corrected chi connectivity index (χ3v) is 5.92. The molecular weight excluding hydrogens is 431 g/mol. The Morgan fingerprint density at radius 1 is 1.00 bits per heavy atom. The summed E-state index contributed by atoms with van der Waals surface area (Å²) in [4.78, 5) is 19.4. The first kappa shape index (κ1) is 21.6. The van der Waals surface area contributed by atoms with E-state index < -0.39 is 6.04 Å². The Bertz CT molecular complexity index is 1360. The Kier molecular flexibility index (Phi) is 5.67. The summed E-state index contributed by atoms with van der Waals surface area (Å²) in [5.41, 5.74) is 5.08. The molecule has 1 aromatic heterocycles. The number of aromatic nitrogens is 2. The van der Waals surface area contributed by atoms with Gasteiger partial charge in [0, 0.05) is 11.3 Å². The SMILES string of the molecule is CC1=C(c2nc(-c3cccc(C)c3)no2)C(c2ccccc2)NC(=O)N1Cc1ccc(F)cc1. The van der Waals surface area contributed by atoms with E-state index in [1.807, 2.05) is 68.4 Å². The molecule has 0 aliphatic carbocycles. The number of benzene rings is 3. The Morgan fingerprint density at radius 3 is 2.50 bits per heavy atom. The predicted molar refractivity (Wildman–Crippen MR) is 127 cm³/mol. The number of allylic oxidation sites excluding steroid dienone is 1. The van der Waals surface area contributed by atoms with Crippen molar-refractivity contribution in [2.75, 3.05) is 0 Å². The molecule has 170 valence electrons. The molecule has 0 spiro atoms. The highest BCUT2D eigenvalue weighted by atomic mass is 19.1. The van der Waals surface area contributed by atoms with Crippen molar-refractivity contribution >= 4 is 11.6 Å². The quantitative estimate of drug-likeness (QED) is 0.409. The van der Waals surface area contributed by atoms with Crippen LogP contribution in [0.25, 0.3) is 17.0 Å². The summed E-state index contributed by atoms with van der Waals surface area (Å²) in [7, 11) is 0. The van der Waals surface area contributed by atoms with E-state index in [0.717, 1.165) is 27.8 Å². The molecule has 34 heavy (non-hydrogen) atoms. The summed E-state index contributed by atoms with van der Waals surface area (Å²) in [6, 6.07) is 22.9. The van der Waals surface area contributed by atoms with Crippen molar-refractivity contribution in [3.8, 4) is 11.4 Å². The standard InChI is InChI=1S/C27H23FN4O2/c1-17-7-6-10-21(15-17)25-30-26(34-31-25)23-18(2)32(16-19-11-13-22(28)14-12-19)27(33)29-24(23)20-8-4-3-5-9-20/h3-15,24H,16H2,1-2H3,(H,29,33). The Balaban J connectivity index is 1.59. The number of nitrogens with one attached hydrogen (secondary N) is 1. The first-order valence-corrected chi connectivity index (χ1v) is 11.0. The van der Waals surface area contributed by atoms with E-state index >= 15 is 0 Å². The largest absolute Gasteiger partial charge is 0.334 e. The Morgan fingerprint density at radius 2 is 1.76 bits per heavy atom. The number of urea groups is 1.